The van der Waals surface area contributed by atoms with Crippen LogP contribution in [-0.4, -0.2) is 57.6 Å². The minimum Gasteiger partial charge on any atom is -0.496 e. The van der Waals surface area contributed by atoms with Crippen LogP contribution in [0.1, 0.15) is 24.1 Å². The van der Waals surface area contributed by atoms with Gasteiger partial charge in [0.1, 0.15) is 18.4 Å². The number of aromatic nitrogens is 1. The molecule has 1 atom stereocenters. The number of hydrogen-bond donors (Lipinski definition) is 1. The number of fused-ring (bicyclic) bond motifs is 1. The SMILES string of the molecule is COCCOC(=O)C1=C(C)N=c2sc(=Cc3ccc(OCC(N)=O)c(OC)c3)c(=O)n2C1c1ccccc1OC. The first-order chi connectivity index (χ1) is 19.3. The zero-order valence-electron chi connectivity index (χ0n) is 22.5. The highest BCUT2D eigenvalue weighted by Crippen LogP contribution is 2.35. The molecule has 2 N–H and O–H groups in total. The lowest BCUT2D eigenvalue weighted by atomic mass is 9.95. The number of amides is 1. The zero-order valence-corrected chi connectivity index (χ0v) is 23.3. The van der Waals surface area contributed by atoms with E-state index in [1.54, 1.807) is 43.3 Å². The van der Waals surface area contributed by atoms with Crippen LogP contribution in [0, 0.1) is 0 Å². The summed E-state index contributed by atoms with van der Waals surface area (Å²) < 4.78 is 28.7. The smallest absolute Gasteiger partial charge is 0.338 e. The summed E-state index contributed by atoms with van der Waals surface area (Å²) in [7, 11) is 4.51. The van der Waals surface area contributed by atoms with Crippen LogP contribution in [0.4, 0.5) is 0 Å². The molecule has 0 saturated carbocycles. The maximum atomic E-state index is 13.9. The third-order valence-electron chi connectivity index (χ3n) is 6.05. The Bertz CT molecular complexity index is 1640. The number of para-hydroxylation sites is 1. The summed E-state index contributed by atoms with van der Waals surface area (Å²) in [4.78, 5) is 43.3. The molecule has 0 spiro atoms. The lowest BCUT2D eigenvalue weighted by Gasteiger charge is -2.26. The number of hydrogen-bond acceptors (Lipinski definition) is 10. The average molecular weight is 568 g/mol. The van der Waals surface area contributed by atoms with E-state index >= 15 is 0 Å². The Morgan fingerprint density at radius 1 is 1.05 bits per heavy atom. The van der Waals surface area contributed by atoms with E-state index in [0.29, 0.717) is 43.4 Å². The van der Waals surface area contributed by atoms with E-state index in [1.807, 2.05) is 12.1 Å². The molecule has 11 nitrogen and oxygen atoms in total. The van der Waals surface area contributed by atoms with E-state index < -0.39 is 17.9 Å². The highest BCUT2D eigenvalue weighted by Gasteiger charge is 2.35. The highest BCUT2D eigenvalue weighted by atomic mass is 32.1. The first-order valence-electron chi connectivity index (χ1n) is 12.2. The molecule has 0 radical (unpaired) electrons. The molecule has 1 unspecified atom stereocenters. The van der Waals surface area contributed by atoms with Crippen molar-refractivity contribution >= 4 is 29.3 Å². The van der Waals surface area contributed by atoms with Crippen molar-refractivity contribution in [2.75, 3.05) is 41.2 Å². The molecule has 1 aliphatic rings. The quantitative estimate of drug-likeness (QED) is 0.270. The Morgan fingerprint density at radius 2 is 1.80 bits per heavy atom. The van der Waals surface area contributed by atoms with Crippen LogP contribution in [0.5, 0.6) is 17.2 Å². The number of thiazole rings is 1. The molecule has 0 saturated heterocycles. The number of rotatable bonds is 11. The second-order valence-electron chi connectivity index (χ2n) is 8.62. The topological polar surface area (TPSA) is 141 Å². The van der Waals surface area contributed by atoms with E-state index in [2.05, 4.69) is 4.99 Å². The number of nitrogens with zero attached hydrogens (tertiary/aromatic N) is 2. The molecule has 0 bridgehead atoms. The van der Waals surface area contributed by atoms with Crippen LogP contribution in [-0.2, 0) is 19.1 Å². The Morgan fingerprint density at radius 3 is 2.50 bits per heavy atom. The molecule has 40 heavy (non-hydrogen) atoms. The maximum Gasteiger partial charge on any atom is 0.338 e. The zero-order chi connectivity index (χ0) is 28.8. The number of allylic oxidation sites excluding steroid dienone is 1. The Kier molecular flexibility index (Phi) is 9.02. The predicted molar refractivity (Wildman–Crippen MR) is 147 cm³/mol. The molecule has 1 aromatic heterocycles. The van der Waals surface area contributed by atoms with Gasteiger partial charge in [-0.15, -0.1) is 0 Å². The fraction of sp³-hybridized carbons (Fsp3) is 0.286. The van der Waals surface area contributed by atoms with Gasteiger partial charge in [0.15, 0.2) is 22.9 Å². The van der Waals surface area contributed by atoms with Crippen LogP contribution in [0.2, 0.25) is 0 Å². The van der Waals surface area contributed by atoms with Crippen molar-refractivity contribution < 1.29 is 33.3 Å². The van der Waals surface area contributed by atoms with E-state index in [-0.39, 0.29) is 31.0 Å². The first-order valence-corrected chi connectivity index (χ1v) is 13.0. The number of nitrogens with two attached hydrogens (primary N) is 1. The number of benzene rings is 2. The van der Waals surface area contributed by atoms with Crippen molar-refractivity contribution in [2.24, 2.45) is 10.7 Å². The van der Waals surface area contributed by atoms with Crippen LogP contribution in [0.3, 0.4) is 0 Å². The number of primary amides is 1. The second-order valence-corrected chi connectivity index (χ2v) is 9.63. The Balaban J connectivity index is 1.85. The number of methoxy groups -OCH3 is 3. The Labute approximate surface area is 233 Å². The summed E-state index contributed by atoms with van der Waals surface area (Å²) in [5, 5.41) is 0. The average Bonchev–Trinajstić information content (AvgIpc) is 3.25. The fourth-order valence-electron chi connectivity index (χ4n) is 4.26. The predicted octanol–water partition coefficient (Wildman–Crippen LogP) is 1.31. The molecule has 3 aromatic rings. The van der Waals surface area contributed by atoms with Gasteiger partial charge in [0, 0.05) is 12.7 Å². The lowest BCUT2D eigenvalue weighted by molar-refractivity contribution is -0.140. The second kappa shape index (κ2) is 12.6. The van der Waals surface area contributed by atoms with Gasteiger partial charge in [0.05, 0.1) is 36.6 Å². The molecular formula is C28H29N3O8S. The van der Waals surface area contributed by atoms with E-state index in [4.69, 9.17) is 29.4 Å². The number of carbonyl (C=O) groups is 2. The minimum atomic E-state index is -0.830. The molecule has 2 aromatic carbocycles. The van der Waals surface area contributed by atoms with Crippen molar-refractivity contribution in [3.05, 3.63) is 84.5 Å². The molecule has 210 valence electrons. The maximum absolute atomic E-state index is 13.9. The van der Waals surface area contributed by atoms with Crippen LogP contribution in [0.15, 0.2) is 63.5 Å². The normalized spacial score (nSPS) is 14.8. The van der Waals surface area contributed by atoms with Gasteiger partial charge in [-0.25, -0.2) is 9.79 Å². The van der Waals surface area contributed by atoms with Gasteiger partial charge >= 0.3 is 5.97 Å². The summed E-state index contributed by atoms with van der Waals surface area (Å²) in [6.45, 7) is 1.69. The van der Waals surface area contributed by atoms with Gasteiger partial charge in [-0.2, -0.15) is 0 Å². The molecule has 1 amide bonds. The summed E-state index contributed by atoms with van der Waals surface area (Å²) in [6, 6.07) is 11.4. The van der Waals surface area contributed by atoms with Crippen LogP contribution >= 0.6 is 11.3 Å². The van der Waals surface area contributed by atoms with Crippen molar-refractivity contribution in [1.82, 2.24) is 4.57 Å². The molecule has 2 heterocycles. The summed E-state index contributed by atoms with van der Waals surface area (Å²) in [5.41, 5.74) is 6.75. The Hall–Kier alpha value is -4.42. The lowest BCUT2D eigenvalue weighted by Crippen LogP contribution is -2.40. The van der Waals surface area contributed by atoms with Crippen molar-refractivity contribution in [3.8, 4) is 17.2 Å². The van der Waals surface area contributed by atoms with Crippen LogP contribution in [0.25, 0.3) is 6.08 Å². The van der Waals surface area contributed by atoms with E-state index in [1.165, 1.54) is 37.2 Å². The molecule has 12 heteroatoms. The highest BCUT2D eigenvalue weighted by molar-refractivity contribution is 7.07. The standard InChI is InChI=1S/C28H29N3O8S/c1-16-24(27(34)38-12-11-35-2)25(18-7-5-6-8-19(18)36-3)31-26(33)22(40-28(31)30-16)14-17-9-10-20(21(13-17)37-4)39-15-23(29)32/h5-10,13-14,25H,11-12,15H2,1-4H3,(H2,29,32). The van der Waals surface area contributed by atoms with Gasteiger partial charge in [-0.1, -0.05) is 35.6 Å². The summed E-state index contributed by atoms with van der Waals surface area (Å²) in [5.74, 6) is -0.000876. The summed E-state index contributed by atoms with van der Waals surface area (Å²) >= 11 is 1.19. The fourth-order valence-corrected chi connectivity index (χ4v) is 5.30. The van der Waals surface area contributed by atoms with Crippen molar-refractivity contribution in [2.45, 2.75) is 13.0 Å². The third kappa shape index (κ3) is 5.92. The van der Waals surface area contributed by atoms with E-state index in [0.717, 1.165) is 0 Å². The van der Waals surface area contributed by atoms with Gasteiger partial charge < -0.3 is 29.4 Å². The molecule has 1 aliphatic heterocycles. The van der Waals surface area contributed by atoms with Gasteiger partial charge in [0.25, 0.3) is 11.5 Å². The van der Waals surface area contributed by atoms with Crippen molar-refractivity contribution in [3.63, 3.8) is 0 Å². The number of carbonyl (C=O) groups excluding carboxylic acids is 2. The van der Waals surface area contributed by atoms with Gasteiger partial charge in [0.2, 0.25) is 0 Å². The summed E-state index contributed by atoms with van der Waals surface area (Å²) in [6.07, 6.45) is 1.69. The minimum absolute atomic E-state index is 0.0517. The molecular weight excluding hydrogens is 538 g/mol. The van der Waals surface area contributed by atoms with E-state index in [9.17, 15) is 14.4 Å². The molecule has 0 aliphatic carbocycles. The third-order valence-corrected chi connectivity index (χ3v) is 7.03. The first kappa shape index (κ1) is 28.6. The number of ether oxygens (including phenoxy) is 5. The van der Waals surface area contributed by atoms with Gasteiger partial charge in [-0.3, -0.25) is 14.2 Å². The molecule has 0 fully saturated rings. The van der Waals surface area contributed by atoms with Crippen molar-refractivity contribution in [1.29, 1.82) is 0 Å². The monoisotopic (exact) mass is 567 g/mol. The number of esters is 1. The van der Waals surface area contributed by atoms with Gasteiger partial charge in [-0.05, 0) is 36.8 Å². The molecule has 4 rings (SSSR count). The largest absolute Gasteiger partial charge is 0.496 e. The van der Waals surface area contributed by atoms with Crippen LogP contribution < -0.4 is 34.8 Å².